The summed E-state index contributed by atoms with van der Waals surface area (Å²) in [6.45, 7) is 1.76. The Morgan fingerprint density at radius 2 is 2.12 bits per heavy atom. The molecule has 1 aliphatic rings. The van der Waals surface area contributed by atoms with E-state index in [2.05, 4.69) is 19.5 Å². The van der Waals surface area contributed by atoms with E-state index in [-0.39, 0.29) is 6.04 Å². The van der Waals surface area contributed by atoms with Crippen LogP contribution in [0.2, 0.25) is 5.02 Å². The maximum atomic E-state index is 6.08. The van der Waals surface area contributed by atoms with E-state index < -0.39 is 0 Å². The first-order chi connectivity index (χ1) is 11.5. The number of nitrogens with two attached hydrogens (primary N) is 1. The third-order valence-corrected chi connectivity index (χ3v) is 4.99. The number of hydrogen-bond donors (Lipinski definition) is 1. The molecule has 0 radical (unpaired) electrons. The van der Waals surface area contributed by atoms with Crippen molar-refractivity contribution < 1.29 is 0 Å². The molecule has 24 heavy (non-hydrogen) atoms. The van der Waals surface area contributed by atoms with Crippen molar-refractivity contribution in [2.75, 3.05) is 12.3 Å². The van der Waals surface area contributed by atoms with Crippen molar-refractivity contribution in [1.29, 1.82) is 0 Å². The number of nitrogen functional groups attached to an aromatic ring is 1. The zero-order valence-corrected chi connectivity index (χ0v) is 14.5. The number of hydrogen-bond acceptors (Lipinski definition) is 5. The van der Waals surface area contributed by atoms with Crippen LogP contribution in [0.15, 0.2) is 18.2 Å². The van der Waals surface area contributed by atoms with Crippen LogP contribution in [0.5, 0.6) is 0 Å². The van der Waals surface area contributed by atoms with Crippen LogP contribution < -0.4 is 5.73 Å². The first-order valence-corrected chi connectivity index (χ1v) is 8.42. The van der Waals surface area contributed by atoms with Crippen LogP contribution in [0, 0.1) is 0 Å². The Morgan fingerprint density at radius 3 is 2.88 bits per heavy atom. The molecule has 1 aromatic carbocycles. The van der Waals surface area contributed by atoms with Gasteiger partial charge in [0.25, 0.3) is 0 Å². The lowest BCUT2D eigenvalue weighted by Gasteiger charge is -2.21. The number of benzene rings is 1. The van der Waals surface area contributed by atoms with Crippen molar-refractivity contribution in [1.82, 2.24) is 29.2 Å². The summed E-state index contributed by atoms with van der Waals surface area (Å²) in [4.78, 5) is 11.5. The van der Waals surface area contributed by atoms with E-state index in [1.54, 1.807) is 4.68 Å². The summed E-state index contributed by atoms with van der Waals surface area (Å²) in [5.74, 6) is 2.27. The lowest BCUT2D eigenvalue weighted by atomic mass is 10.2. The highest BCUT2D eigenvalue weighted by Gasteiger charge is 2.30. The second-order valence-electron chi connectivity index (χ2n) is 6.30. The van der Waals surface area contributed by atoms with Gasteiger partial charge in [0.1, 0.15) is 5.82 Å². The van der Waals surface area contributed by atoms with Gasteiger partial charge >= 0.3 is 0 Å². The third-order valence-electron chi connectivity index (χ3n) is 4.75. The fourth-order valence-corrected chi connectivity index (χ4v) is 3.58. The summed E-state index contributed by atoms with van der Waals surface area (Å²) >= 11 is 6.08. The molecule has 0 amide bonds. The highest BCUT2D eigenvalue weighted by Crippen LogP contribution is 2.32. The Morgan fingerprint density at radius 1 is 1.29 bits per heavy atom. The quantitative estimate of drug-likeness (QED) is 0.788. The summed E-state index contributed by atoms with van der Waals surface area (Å²) in [6.07, 6.45) is 2.16. The average molecular weight is 346 g/mol. The molecule has 1 aliphatic heterocycles. The van der Waals surface area contributed by atoms with E-state index in [0.29, 0.717) is 11.0 Å². The summed E-state index contributed by atoms with van der Waals surface area (Å²) in [7, 11) is 3.86. The molecule has 2 aromatic heterocycles. The van der Waals surface area contributed by atoms with Gasteiger partial charge in [-0.25, -0.2) is 9.67 Å². The number of anilines is 1. The standard InChI is InChI=1S/C16H20ClN7/c1-22-12-6-5-10(17)8-11(12)19-14(22)9-24-7-3-4-13(24)15-20-16(18)23(2)21-15/h5-6,8,13H,3-4,7,9H2,1-2H3,(H2,18,20,21)/t13-/m0/s1. The van der Waals surface area contributed by atoms with Gasteiger partial charge in [-0.3, -0.25) is 4.90 Å². The maximum Gasteiger partial charge on any atom is 0.218 e. The Bertz CT molecular complexity index is 878. The first-order valence-electron chi connectivity index (χ1n) is 8.04. The molecule has 7 nitrogen and oxygen atoms in total. The number of nitrogens with zero attached hydrogens (tertiary/aromatic N) is 6. The summed E-state index contributed by atoms with van der Waals surface area (Å²) in [5.41, 5.74) is 7.85. The Kier molecular flexibility index (Phi) is 3.69. The minimum atomic E-state index is 0.192. The first kappa shape index (κ1) is 15.4. The fourth-order valence-electron chi connectivity index (χ4n) is 3.41. The smallest absolute Gasteiger partial charge is 0.218 e. The van der Waals surface area contributed by atoms with Gasteiger partial charge in [-0.2, -0.15) is 10.1 Å². The highest BCUT2D eigenvalue weighted by atomic mass is 35.5. The molecule has 1 saturated heterocycles. The van der Waals surface area contributed by atoms with Gasteiger partial charge in [0.15, 0.2) is 5.82 Å². The Balaban J connectivity index is 1.63. The van der Waals surface area contributed by atoms with Crippen LogP contribution in [0.3, 0.4) is 0 Å². The zero-order valence-electron chi connectivity index (χ0n) is 13.8. The average Bonchev–Trinajstić information content (AvgIpc) is 3.20. The van der Waals surface area contributed by atoms with Gasteiger partial charge in [0.2, 0.25) is 5.95 Å². The second kappa shape index (κ2) is 5.75. The molecular formula is C16H20ClN7. The number of aryl methyl sites for hydroxylation is 2. The van der Waals surface area contributed by atoms with Gasteiger partial charge < -0.3 is 10.3 Å². The predicted octanol–water partition coefficient (Wildman–Crippen LogP) is 2.27. The number of imidazole rings is 1. The van der Waals surface area contributed by atoms with Crippen LogP contribution in [-0.4, -0.2) is 35.8 Å². The van der Waals surface area contributed by atoms with E-state index in [1.165, 1.54) is 0 Å². The lowest BCUT2D eigenvalue weighted by molar-refractivity contribution is 0.232. The Hall–Kier alpha value is -2.12. The van der Waals surface area contributed by atoms with Crippen molar-refractivity contribution in [3.8, 4) is 0 Å². The SMILES string of the molecule is Cn1nc([C@@H]2CCCN2Cc2nc3cc(Cl)ccc3n2C)nc1N. The van der Waals surface area contributed by atoms with Gasteiger partial charge in [0.05, 0.1) is 23.6 Å². The molecule has 126 valence electrons. The molecule has 1 atom stereocenters. The van der Waals surface area contributed by atoms with Crippen LogP contribution in [-0.2, 0) is 20.6 Å². The highest BCUT2D eigenvalue weighted by molar-refractivity contribution is 6.31. The minimum absolute atomic E-state index is 0.192. The maximum absolute atomic E-state index is 6.08. The predicted molar refractivity (Wildman–Crippen MR) is 93.5 cm³/mol. The molecule has 0 bridgehead atoms. The molecule has 1 fully saturated rings. The minimum Gasteiger partial charge on any atom is -0.368 e. The molecular weight excluding hydrogens is 326 g/mol. The molecule has 0 spiro atoms. The molecule has 4 rings (SSSR count). The number of fused-ring (bicyclic) bond motifs is 1. The van der Waals surface area contributed by atoms with Gasteiger partial charge in [-0.15, -0.1) is 0 Å². The Labute approximate surface area is 145 Å². The molecule has 8 heteroatoms. The number of aromatic nitrogens is 5. The normalized spacial score (nSPS) is 18.7. The molecule has 2 N–H and O–H groups in total. The van der Waals surface area contributed by atoms with E-state index >= 15 is 0 Å². The molecule has 0 unspecified atom stereocenters. The number of halogens is 1. The van der Waals surface area contributed by atoms with E-state index in [9.17, 15) is 0 Å². The molecule has 0 aliphatic carbocycles. The monoisotopic (exact) mass is 345 g/mol. The van der Waals surface area contributed by atoms with Crippen molar-refractivity contribution in [2.24, 2.45) is 14.1 Å². The van der Waals surface area contributed by atoms with Crippen LogP contribution in [0.4, 0.5) is 5.95 Å². The van der Waals surface area contributed by atoms with Crippen molar-refractivity contribution in [3.05, 3.63) is 34.9 Å². The lowest BCUT2D eigenvalue weighted by Crippen LogP contribution is -2.25. The van der Waals surface area contributed by atoms with Gasteiger partial charge in [-0.1, -0.05) is 11.6 Å². The van der Waals surface area contributed by atoms with Gasteiger partial charge in [-0.05, 0) is 37.6 Å². The van der Waals surface area contributed by atoms with Crippen molar-refractivity contribution in [3.63, 3.8) is 0 Å². The van der Waals surface area contributed by atoms with Crippen LogP contribution in [0.1, 0.15) is 30.5 Å². The fraction of sp³-hybridized carbons (Fsp3) is 0.438. The topological polar surface area (TPSA) is 77.8 Å². The molecule has 3 heterocycles. The van der Waals surface area contributed by atoms with Crippen molar-refractivity contribution in [2.45, 2.75) is 25.4 Å². The number of likely N-dealkylation sites (tertiary alicyclic amines) is 1. The van der Waals surface area contributed by atoms with Crippen molar-refractivity contribution >= 4 is 28.6 Å². The summed E-state index contributed by atoms with van der Waals surface area (Å²) < 4.78 is 3.75. The second-order valence-corrected chi connectivity index (χ2v) is 6.74. The van der Waals surface area contributed by atoms with Crippen LogP contribution >= 0.6 is 11.6 Å². The molecule has 0 saturated carbocycles. The summed E-state index contributed by atoms with van der Waals surface area (Å²) in [5, 5.41) is 5.16. The van der Waals surface area contributed by atoms with E-state index in [0.717, 1.165) is 48.6 Å². The van der Waals surface area contributed by atoms with Crippen LogP contribution in [0.25, 0.3) is 11.0 Å². The third kappa shape index (κ3) is 2.53. The van der Waals surface area contributed by atoms with E-state index in [1.807, 2.05) is 32.3 Å². The molecule has 3 aromatic rings. The summed E-state index contributed by atoms with van der Waals surface area (Å²) in [6, 6.07) is 6.01. The van der Waals surface area contributed by atoms with Gasteiger partial charge in [0, 0.05) is 19.1 Å². The zero-order chi connectivity index (χ0) is 16.8. The number of rotatable bonds is 3. The largest absolute Gasteiger partial charge is 0.368 e. The van der Waals surface area contributed by atoms with E-state index in [4.69, 9.17) is 22.3 Å².